The number of piperidine rings is 1. The lowest BCUT2D eigenvalue weighted by atomic mass is 9.79. The van der Waals surface area contributed by atoms with Crippen molar-refractivity contribution in [2.45, 2.75) is 45.1 Å². The fourth-order valence-corrected chi connectivity index (χ4v) is 4.03. The van der Waals surface area contributed by atoms with Gasteiger partial charge in [-0.1, -0.05) is 28.9 Å². The summed E-state index contributed by atoms with van der Waals surface area (Å²) in [5, 5.41) is 3.87. The van der Waals surface area contributed by atoms with Gasteiger partial charge in [-0.05, 0) is 80.9 Å². The van der Waals surface area contributed by atoms with Gasteiger partial charge in [0.05, 0.1) is 0 Å². The van der Waals surface area contributed by atoms with Crippen LogP contribution in [0, 0.1) is 5.41 Å². The second-order valence-corrected chi connectivity index (χ2v) is 8.26. The second kappa shape index (κ2) is 6.39. The summed E-state index contributed by atoms with van der Waals surface area (Å²) in [5.74, 6) is 0. The van der Waals surface area contributed by atoms with Crippen LogP contribution >= 0.6 is 15.9 Å². The fourth-order valence-electron chi connectivity index (χ4n) is 3.62. The van der Waals surface area contributed by atoms with Crippen molar-refractivity contribution in [1.82, 2.24) is 10.2 Å². The SMILES string of the molecule is CN1CCC(C)(CNC2CCc3cc(Br)ccc3C2)CC1. The van der Waals surface area contributed by atoms with Gasteiger partial charge in [0.15, 0.2) is 0 Å². The van der Waals surface area contributed by atoms with Crippen LogP contribution in [-0.4, -0.2) is 37.6 Å². The van der Waals surface area contributed by atoms with Crippen LogP contribution < -0.4 is 5.32 Å². The second-order valence-electron chi connectivity index (χ2n) is 7.35. The molecule has 2 aliphatic rings. The van der Waals surface area contributed by atoms with E-state index in [1.165, 1.54) is 67.3 Å². The Morgan fingerprint density at radius 1 is 1.29 bits per heavy atom. The third-order valence-electron chi connectivity index (χ3n) is 5.41. The minimum atomic E-state index is 0.493. The van der Waals surface area contributed by atoms with E-state index in [-0.39, 0.29) is 0 Å². The Morgan fingerprint density at radius 2 is 2.05 bits per heavy atom. The molecule has 1 aromatic rings. The molecule has 1 aliphatic heterocycles. The molecule has 1 aliphatic carbocycles. The summed E-state index contributed by atoms with van der Waals surface area (Å²) >= 11 is 3.58. The zero-order valence-corrected chi connectivity index (χ0v) is 14.9. The molecule has 3 rings (SSSR count). The first-order valence-corrected chi connectivity index (χ1v) is 9.03. The van der Waals surface area contributed by atoms with Crippen molar-refractivity contribution in [2.75, 3.05) is 26.7 Å². The minimum absolute atomic E-state index is 0.493. The average Bonchev–Trinajstić information content (AvgIpc) is 2.49. The third-order valence-corrected chi connectivity index (χ3v) is 5.90. The van der Waals surface area contributed by atoms with E-state index >= 15 is 0 Å². The average molecular weight is 351 g/mol. The van der Waals surface area contributed by atoms with Gasteiger partial charge in [0.25, 0.3) is 0 Å². The van der Waals surface area contributed by atoms with Crippen LogP contribution in [0.25, 0.3) is 0 Å². The highest BCUT2D eigenvalue weighted by molar-refractivity contribution is 9.10. The highest BCUT2D eigenvalue weighted by atomic mass is 79.9. The molecule has 1 N–H and O–H groups in total. The Bertz CT molecular complexity index is 492. The summed E-state index contributed by atoms with van der Waals surface area (Å²) in [6.07, 6.45) is 6.34. The molecule has 1 saturated heterocycles. The molecule has 1 atom stereocenters. The number of likely N-dealkylation sites (tertiary alicyclic amines) is 1. The van der Waals surface area contributed by atoms with Crippen molar-refractivity contribution >= 4 is 15.9 Å². The first-order chi connectivity index (χ1) is 10.0. The van der Waals surface area contributed by atoms with E-state index in [9.17, 15) is 0 Å². The lowest BCUT2D eigenvalue weighted by Gasteiger charge is -2.39. The third kappa shape index (κ3) is 3.88. The van der Waals surface area contributed by atoms with Crippen LogP contribution in [0.3, 0.4) is 0 Å². The number of rotatable bonds is 3. The van der Waals surface area contributed by atoms with E-state index in [0.717, 1.165) is 0 Å². The maximum Gasteiger partial charge on any atom is 0.0178 e. The number of halogens is 1. The van der Waals surface area contributed by atoms with E-state index in [4.69, 9.17) is 0 Å². The molecular weight excluding hydrogens is 324 g/mol. The highest BCUT2D eigenvalue weighted by Gasteiger charge is 2.29. The van der Waals surface area contributed by atoms with Gasteiger partial charge in [0.1, 0.15) is 0 Å². The molecule has 3 heteroatoms. The van der Waals surface area contributed by atoms with Crippen LogP contribution in [0.5, 0.6) is 0 Å². The molecule has 0 spiro atoms. The summed E-state index contributed by atoms with van der Waals surface area (Å²) in [4.78, 5) is 2.45. The van der Waals surface area contributed by atoms with Crippen molar-refractivity contribution in [3.8, 4) is 0 Å². The normalized spacial score (nSPS) is 25.6. The van der Waals surface area contributed by atoms with Gasteiger partial charge in [0, 0.05) is 17.1 Å². The number of hydrogen-bond donors (Lipinski definition) is 1. The van der Waals surface area contributed by atoms with E-state index in [1.807, 2.05) is 0 Å². The van der Waals surface area contributed by atoms with Crippen LogP contribution in [-0.2, 0) is 12.8 Å². The maximum absolute atomic E-state index is 3.87. The Morgan fingerprint density at radius 3 is 2.81 bits per heavy atom. The lowest BCUT2D eigenvalue weighted by molar-refractivity contribution is 0.132. The first kappa shape index (κ1) is 15.5. The van der Waals surface area contributed by atoms with Crippen molar-refractivity contribution in [3.05, 3.63) is 33.8 Å². The standard InChI is InChI=1S/C18H27BrN2/c1-18(7-9-21(2)10-8-18)13-20-17-6-4-14-11-16(19)5-3-15(14)12-17/h3,5,11,17,20H,4,6-10,12-13H2,1-2H3. The molecule has 1 fully saturated rings. The molecule has 1 aromatic carbocycles. The monoisotopic (exact) mass is 350 g/mol. The van der Waals surface area contributed by atoms with Gasteiger partial charge in [-0.2, -0.15) is 0 Å². The van der Waals surface area contributed by atoms with Gasteiger partial charge in [-0.15, -0.1) is 0 Å². The van der Waals surface area contributed by atoms with Crippen molar-refractivity contribution in [3.63, 3.8) is 0 Å². The smallest absolute Gasteiger partial charge is 0.0178 e. The molecule has 21 heavy (non-hydrogen) atoms. The van der Waals surface area contributed by atoms with Crippen LogP contribution in [0.15, 0.2) is 22.7 Å². The summed E-state index contributed by atoms with van der Waals surface area (Å²) in [6.45, 7) is 6.14. The summed E-state index contributed by atoms with van der Waals surface area (Å²) < 4.78 is 1.21. The number of benzene rings is 1. The topological polar surface area (TPSA) is 15.3 Å². The molecule has 116 valence electrons. The molecular formula is C18H27BrN2. The maximum atomic E-state index is 3.87. The molecule has 1 heterocycles. The Kier molecular flexibility index (Phi) is 4.72. The minimum Gasteiger partial charge on any atom is -0.313 e. The van der Waals surface area contributed by atoms with Gasteiger partial charge in [-0.25, -0.2) is 0 Å². The van der Waals surface area contributed by atoms with Crippen molar-refractivity contribution in [1.29, 1.82) is 0 Å². The van der Waals surface area contributed by atoms with Crippen molar-refractivity contribution < 1.29 is 0 Å². The van der Waals surface area contributed by atoms with E-state index in [0.29, 0.717) is 11.5 Å². The number of aryl methyl sites for hydroxylation is 1. The quantitative estimate of drug-likeness (QED) is 0.895. The van der Waals surface area contributed by atoms with Crippen LogP contribution in [0.4, 0.5) is 0 Å². The summed E-state index contributed by atoms with van der Waals surface area (Å²) in [7, 11) is 2.24. The van der Waals surface area contributed by atoms with E-state index in [2.05, 4.69) is 58.3 Å². The number of nitrogens with zero attached hydrogens (tertiary/aromatic N) is 1. The molecule has 0 saturated carbocycles. The molecule has 0 amide bonds. The Labute approximate surface area is 137 Å². The van der Waals surface area contributed by atoms with Gasteiger partial charge in [-0.3, -0.25) is 0 Å². The Balaban J connectivity index is 1.54. The highest BCUT2D eigenvalue weighted by Crippen LogP contribution is 2.30. The predicted octanol–water partition coefficient (Wildman–Crippen LogP) is 3.63. The molecule has 0 radical (unpaired) electrons. The first-order valence-electron chi connectivity index (χ1n) is 8.23. The van der Waals surface area contributed by atoms with Gasteiger partial charge in [0.2, 0.25) is 0 Å². The van der Waals surface area contributed by atoms with Crippen molar-refractivity contribution in [2.24, 2.45) is 5.41 Å². The van der Waals surface area contributed by atoms with Gasteiger partial charge >= 0.3 is 0 Å². The van der Waals surface area contributed by atoms with Crippen LogP contribution in [0.2, 0.25) is 0 Å². The zero-order valence-electron chi connectivity index (χ0n) is 13.3. The zero-order chi connectivity index (χ0) is 14.9. The molecule has 1 unspecified atom stereocenters. The lowest BCUT2D eigenvalue weighted by Crippen LogP contribution is -2.45. The predicted molar refractivity (Wildman–Crippen MR) is 92.8 cm³/mol. The summed E-state index contributed by atoms with van der Waals surface area (Å²) in [5.41, 5.74) is 3.57. The van der Waals surface area contributed by atoms with E-state index < -0.39 is 0 Å². The molecule has 0 bridgehead atoms. The number of nitrogens with one attached hydrogen (secondary N) is 1. The fraction of sp³-hybridized carbons (Fsp3) is 0.667. The number of hydrogen-bond acceptors (Lipinski definition) is 2. The summed E-state index contributed by atoms with van der Waals surface area (Å²) in [6, 6.07) is 7.43. The number of fused-ring (bicyclic) bond motifs is 1. The van der Waals surface area contributed by atoms with Crippen LogP contribution in [0.1, 0.15) is 37.3 Å². The largest absolute Gasteiger partial charge is 0.313 e. The molecule has 0 aromatic heterocycles. The molecule has 2 nitrogen and oxygen atoms in total. The van der Waals surface area contributed by atoms with Gasteiger partial charge < -0.3 is 10.2 Å². The Hall–Kier alpha value is -0.380. The van der Waals surface area contributed by atoms with E-state index in [1.54, 1.807) is 0 Å².